The molecule has 0 aromatic heterocycles. The SMILES string of the molecule is COc1ccc(CC(=NNS(=O)(=O)c2ccc(C)cc2)c2cc(OC)cc(OC)c2)cc1. The fraction of sp³-hybridized carbons (Fsp3) is 0.208. The standard InChI is InChI=1S/C24H26N2O5S/c1-17-5-11-23(12-6-17)32(27,28)26-25-24(13-18-7-9-20(29-2)10-8-18)19-14-21(30-3)16-22(15-19)31-4/h5-12,14-16,26H,13H2,1-4H3. The lowest BCUT2D eigenvalue weighted by Crippen LogP contribution is -2.21. The number of hydrogen-bond acceptors (Lipinski definition) is 6. The van der Waals surface area contributed by atoms with Gasteiger partial charge in [0, 0.05) is 18.1 Å². The number of rotatable bonds is 9. The lowest BCUT2D eigenvalue weighted by atomic mass is 10.0. The van der Waals surface area contributed by atoms with Gasteiger partial charge in [-0.05, 0) is 48.9 Å². The third-order valence-electron chi connectivity index (χ3n) is 4.85. The van der Waals surface area contributed by atoms with Crippen molar-refractivity contribution in [2.75, 3.05) is 21.3 Å². The van der Waals surface area contributed by atoms with Gasteiger partial charge in [0.25, 0.3) is 10.0 Å². The number of ether oxygens (including phenoxy) is 3. The van der Waals surface area contributed by atoms with Gasteiger partial charge in [0.05, 0.1) is 31.9 Å². The van der Waals surface area contributed by atoms with Crippen LogP contribution in [-0.4, -0.2) is 35.5 Å². The molecule has 0 fully saturated rings. The van der Waals surface area contributed by atoms with E-state index in [-0.39, 0.29) is 4.90 Å². The summed E-state index contributed by atoms with van der Waals surface area (Å²) < 4.78 is 41.5. The zero-order valence-corrected chi connectivity index (χ0v) is 19.3. The zero-order valence-electron chi connectivity index (χ0n) is 18.5. The Labute approximate surface area is 188 Å². The predicted molar refractivity (Wildman–Crippen MR) is 124 cm³/mol. The summed E-state index contributed by atoms with van der Waals surface area (Å²) in [5, 5.41) is 4.29. The second-order valence-electron chi connectivity index (χ2n) is 7.09. The molecule has 0 aliphatic heterocycles. The van der Waals surface area contributed by atoms with Crippen LogP contribution in [-0.2, 0) is 16.4 Å². The van der Waals surface area contributed by atoms with Crippen LogP contribution in [0, 0.1) is 6.92 Å². The van der Waals surface area contributed by atoms with Crippen LogP contribution in [0.5, 0.6) is 17.2 Å². The van der Waals surface area contributed by atoms with Crippen molar-refractivity contribution in [1.82, 2.24) is 4.83 Å². The van der Waals surface area contributed by atoms with Crippen LogP contribution in [0.4, 0.5) is 0 Å². The monoisotopic (exact) mass is 454 g/mol. The summed E-state index contributed by atoms with van der Waals surface area (Å²) in [5.41, 5.74) is 3.07. The van der Waals surface area contributed by atoms with Gasteiger partial charge in [-0.25, -0.2) is 0 Å². The molecule has 0 spiro atoms. The Morgan fingerprint density at radius 1 is 0.812 bits per heavy atom. The number of nitrogens with zero attached hydrogens (tertiary/aromatic N) is 1. The number of hydrogen-bond donors (Lipinski definition) is 1. The maximum absolute atomic E-state index is 12.8. The van der Waals surface area contributed by atoms with Gasteiger partial charge < -0.3 is 14.2 Å². The summed E-state index contributed by atoms with van der Waals surface area (Å²) in [5.74, 6) is 1.88. The highest BCUT2D eigenvalue weighted by atomic mass is 32.2. The van der Waals surface area contributed by atoms with E-state index < -0.39 is 10.0 Å². The average molecular weight is 455 g/mol. The molecule has 0 aliphatic carbocycles. The van der Waals surface area contributed by atoms with Gasteiger partial charge in [0.15, 0.2) is 0 Å². The molecule has 32 heavy (non-hydrogen) atoms. The van der Waals surface area contributed by atoms with Crippen molar-refractivity contribution in [2.24, 2.45) is 5.10 Å². The smallest absolute Gasteiger partial charge is 0.276 e. The number of benzene rings is 3. The topological polar surface area (TPSA) is 86.2 Å². The maximum Gasteiger partial charge on any atom is 0.276 e. The molecule has 1 N–H and O–H groups in total. The quantitative estimate of drug-likeness (QED) is 0.391. The lowest BCUT2D eigenvalue weighted by Gasteiger charge is -2.12. The first kappa shape index (κ1) is 23.1. The van der Waals surface area contributed by atoms with Gasteiger partial charge in [-0.3, -0.25) is 0 Å². The number of sulfonamides is 1. The summed E-state index contributed by atoms with van der Waals surface area (Å²) in [4.78, 5) is 2.50. The highest BCUT2D eigenvalue weighted by Gasteiger charge is 2.15. The minimum absolute atomic E-state index is 0.138. The highest BCUT2D eigenvalue weighted by Crippen LogP contribution is 2.24. The molecular formula is C24H26N2O5S. The largest absolute Gasteiger partial charge is 0.497 e. The summed E-state index contributed by atoms with van der Waals surface area (Å²) in [6, 6.07) is 19.4. The maximum atomic E-state index is 12.8. The summed E-state index contributed by atoms with van der Waals surface area (Å²) in [6.07, 6.45) is 0.372. The second kappa shape index (κ2) is 10.2. The van der Waals surface area contributed by atoms with Crippen LogP contribution in [0.2, 0.25) is 0 Å². The van der Waals surface area contributed by atoms with Crippen LogP contribution >= 0.6 is 0 Å². The Kier molecular flexibility index (Phi) is 7.37. The van der Waals surface area contributed by atoms with Crippen molar-refractivity contribution in [3.05, 3.63) is 83.4 Å². The molecule has 3 aromatic carbocycles. The predicted octanol–water partition coefficient (Wildman–Crippen LogP) is 3.95. The number of methoxy groups -OCH3 is 3. The first-order valence-electron chi connectivity index (χ1n) is 9.86. The van der Waals surface area contributed by atoms with E-state index in [0.717, 1.165) is 16.9 Å². The van der Waals surface area contributed by atoms with Crippen molar-refractivity contribution < 1.29 is 22.6 Å². The molecule has 7 nitrogen and oxygen atoms in total. The van der Waals surface area contributed by atoms with Crippen LogP contribution in [0.15, 0.2) is 76.7 Å². The van der Waals surface area contributed by atoms with E-state index in [2.05, 4.69) is 9.93 Å². The normalized spacial score (nSPS) is 11.7. The van der Waals surface area contributed by atoms with Gasteiger partial charge >= 0.3 is 0 Å². The number of nitrogens with one attached hydrogen (secondary N) is 1. The molecule has 8 heteroatoms. The van der Waals surface area contributed by atoms with Crippen molar-refractivity contribution >= 4 is 15.7 Å². The first-order valence-corrected chi connectivity index (χ1v) is 11.3. The Bertz CT molecular complexity index is 1170. The van der Waals surface area contributed by atoms with Crippen LogP contribution in [0.3, 0.4) is 0 Å². The molecule has 0 unspecified atom stereocenters. The Hall–Kier alpha value is -3.52. The molecule has 168 valence electrons. The third kappa shape index (κ3) is 5.79. The van der Waals surface area contributed by atoms with Crippen molar-refractivity contribution in [1.29, 1.82) is 0 Å². The van der Waals surface area contributed by atoms with Crippen LogP contribution in [0.1, 0.15) is 16.7 Å². The van der Waals surface area contributed by atoms with Gasteiger partial charge in [-0.1, -0.05) is 29.8 Å². The number of hydrazone groups is 1. The summed E-state index contributed by atoms with van der Waals surface area (Å²) in [7, 11) is 0.876. The van der Waals surface area contributed by atoms with E-state index in [9.17, 15) is 8.42 Å². The molecule has 0 heterocycles. The Morgan fingerprint density at radius 2 is 1.38 bits per heavy atom. The lowest BCUT2D eigenvalue weighted by molar-refractivity contribution is 0.394. The van der Waals surface area contributed by atoms with E-state index in [0.29, 0.717) is 29.2 Å². The van der Waals surface area contributed by atoms with E-state index >= 15 is 0 Å². The molecule has 0 saturated carbocycles. The minimum Gasteiger partial charge on any atom is -0.497 e. The fourth-order valence-electron chi connectivity index (χ4n) is 3.00. The van der Waals surface area contributed by atoms with Crippen LogP contribution < -0.4 is 19.0 Å². The van der Waals surface area contributed by atoms with E-state index in [1.807, 2.05) is 31.2 Å². The van der Waals surface area contributed by atoms with Crippen molar-refractivity contribution in [2.45, 2.75) is 18.2 Å². The molecule has 3 aromatic rings. The Balaban J connectivity index is 2.00. The molecule has 0 bridgehead atoms. The highest BCUT2D eigenvalue weighted by molar-refractivity contribution is 7.89. The molecular weight excluding hydrogens is 428 g/mol. The van der Waals surface area contributed by atoms with Crippen molar-refractivity contribution in [3.8, 4) is 17.2 Å². The van der Waals surface area contributed by atoms with Crippen LogP contribution in [0.25, 0.3) is 0 Å². The molecule has 0 atom stereocenters. The second-order valence-corrected chi connectivity index (χ2v) is 8.75. The summed E-state index contributed by atoms with van der Waals surface area (Å²) >= 11 is 0. The van der Waals surface area contributed by atoms with Gasteiger partial charge in [0.1, 0.15) is 17.2 Å². The van der Waals surface area contributed by atoms with E-state index in [1.165, 1.54) is 0 Å². The fourth-order valence-corrected chi connectivity index (χ4v) is 3.83. The van der Waals surface area contributed by atoms with E-state index in [4.69, 9.17) is 14.2 Å². The first-order chi connectivity index (χ1) is 15.3. The average Bonchev–Trinajstić information content (AvgIpc) is 2.82. The summed E-state index contributed by atoms with van der Waals surface area (Å²) in [6.45, 7) is 1.89. The molecule has 3 rings (SSSR count). The molecule has 0 amide bonds. The third-order valence-corrected chi connectivity index (χ3v) is 6.07. The van der Waals surface area contributed by atoms with Gasteiger partial charge in [-0.2, -0.15) is 18.4 Å². The van der Waals surface area contributed by atoms with Gasteiger partial charge in [-0.15, -0.1) is 0 Å². The molecule has 0 aliphatic rings. The van der Waals surface area contributed by atoms with Gasteiger partial charge in [0.2, 0.25) is 0 Å². The minimum atomic E-state index is -3.83. The molecule has 0 saturated heterocycles. The van der Waals surface area contributed by atoms with Crippen molar-refractivity contribution in [3.63, 3.8) is 0 Å². The Morgan fingerprint density at radius 3 is 1.91 bits per heavy atom. The zero-order chi connectivity index (χ0) is 23.1. The number of aryl methyl sites for hydroxylation is 1. The molecule has 0 radical (unpaired) electrons. The van der Waals surface area contributed by atoms with E-state index in [1.54, 1.807) is 63.8 Å².